The van der Waals surface area contributed by atoms with Gasteiger partial charge in [-0.25, -0.2) is 13.6 Å². The highest BCUT2D eigenvalue weighted by molar-refractivity contribution is 6.06. The number of rotatable bonds is 5. The minimum Gasteiger partial charge on any atom is -0.436 e. The van der Waals surface area contributed by atoms with Crippen molar-refractivity contribution >= 4 is 23.6 Å². The molecule has 180 valence electrons. The number of carbonyl (C=O) groups excluding carboxylic acids is 3. The Kier molecular flexibility index (Phi) is 6.77. The van der Waals surface area contributed by atoms with Crippen LogP contribution in [0.15, 0.2) is 66.7 Å². The van der Waals surface area contributed by atoms with Gasteiger partial charge < -0.3 is 20.3 Å². The van der Waals surface area contributed by atoms with Crippen molar-refractivity contribution in [3.63, 3.8) is 0 Å². The number of anilines is 1. The smallest absolute Gasteiger partial charge is 0.408 e. The van der Waals surface area contributed by atoms with Gasteiger partial charge in [-0.2, -0.15) is 0 Å². The SMILES string of the molecule is C[C@H](OC(=O)NCc1ccc(F)cc1F)C(=O)NC1C(=O)N(C)c2ccccc2-c2ccccc21. The summed E-state index contributed by atoms with van der Waals surface area (Å²) in [5.74, 6) is -2.57. The molecule has 1 heterocycles. The quantitative estimate of drug-likeness (QED) is 0.577. The molecule has 0 aromatic heterocycles. The molecule has 0 bridgehead atoms. The van der Waals surface area contributed by atoms with Gasteiger partial charge in [0.1, 0.15) is 17.7 Å². The zero-order valence-electron chi connectivity index (χ0n) is 19.0. The molecule has 3 aromatic carbocycles. The molecule has 0 fully saturated rings. The van der Waals surface area contributed by atoms with E-state index in [2.05, 4.69) is 10.6 Å². The van der Waals surface area contributed by atoms with Crippen molar-refractivity contribution < 1.29 is 27.9 Å². The molecule has 3 aromatic rings. The molecular weight excluding hydrogens is 456 g/mol. The average Bonchev–Trinajstić information content (AvgIpc) is 2.93. The van der Waals surface area contributed by atoms with E-state index in [0.29, 0.717) is 17.3 Å². The summed E-state index contributed by atoms with van der Waals surface area (Å²) in [4.78, 5) is 39.8. The van der Waals surface area contributed by atoms with Crippen LogP contribution in [0.1, 0.15) is 24.1 Å². The summed E-state index contributed by atoms with van der Waals surface area (Å²) in [5.41, 5.74) is 3.04. The molecule has 0 saturated heterocycles. The van der Waals surface area contributed by atoms with Crippen molar-refractivity contribution in [2.45, 2.75) is 25.6 Å². The molecule has 7 nitrogen and oxygen atoms in total. The Morgan fingerprint density at radius 2 is 1.71 bits per heavy atom. The highest BCUT2D eigenvalue weighted by Gasteiger charge is 2.34. The van der Waals surface area contributed by atoms with Crippen LogP contribution in [0, 0.1) is 11.6 Å². The topological polar surface area (TPSA) is 87.7 Å². The second-order valence-electron chi connectivity index (χ2n) is 8.08. The van der Waals surface area contributed by atoms with Crippen LogP contribution in [-0.4, -0.2) is 31.1 Å². The van der Waals surface area contributed by atoms with E-state index in [0.717, 1.165) is 17.2 Å². The molecule has 0 radical (unpaired) electrons. The number of fused-ring (bicyclic) bond motifs is 3. The summed E-state index contributed by atoms with van der Waals surface area (Å²) < 4.78 is 31.9. The Balaban J connectivity index is 1.46. The van der Waals surface area contributed by atoms with Gasteiger partial charge in [0.05, 0.1) is 5.69 Å². The van der Waals surface area contributed by atoms with E-state index in [9.17, 15) is 23.2 Å². The van der Waals surface area contributed by atoms with E-state index >= 15 is 0 Å². The first kappa shape index (κ1) is 23.9. The molecule has 1 aliphatic heterocycles. The first-order valence-electron chi connectivity index (χ1n) is 10.9. The van der Waals surface area contributed by atoms with Crippen LogP contribution in [0.4, 0.5) is 19.3 Å². The first-order valence-corrected chi connectivity index (χ1v) is 10.9. The lowest BCUT2D eigenvalue weighted by Crippen LogP contribution is -2.45. The van der Waals surface area contributed by atoms with Gasteiger partial charge in [-0.05, 0) is 30.2 Å². The number of hydrogen-bond donors (Lipinski definition) is 2. The fourth-order valence-electron chi connectivity index (χ4n) is 3.92. The van der Waals surface area contributed by atoms with Gasteiger partial charge in [0.25, 0.3) is 11.8 Å². The number of para-hydroxylation sites is 1. The van der Waals surface area contributed by atoms with E-state index in [4.69, 9.17) is 4.74 Å². The zero-order chi connectivity index (χ0) is 25.1. The molecule has 4 rings (SSSR count). The summed E-state index contributed by atoms with van der Waals surface area (Å²) in [5, 5.41) is 5.01. The van der Waals surface area contributed by atoms with Crippen molar-refractivity contribution in [3.8, 4) is 11.1 Å². The summed E-state index contributed by atoms with van der Waals surface area (Å²) in [6, 6.07) is 16.7. The summed E-state index contributed by atoms with van der Waals surface area (Å²) in [6.45, 7) is 1.11. The molecule has 2 N–H and O–H groups in total. The zero-order valence-corrected chi connectivity index (χ0v) is 19.0. The average molecular weight is 479 g/mol. The number of amides is 3. The second kappa shape index (κ2) is 9.92. The van der Waals surface area contributed by atoms with Crippen LogP contribution in [-0.2, 0) is 20.9 Å². The monoisotopic (exact) mass is 479 g/mol. The van der Waals surface area contributed by atoms with Crippen molar-refractivity contribution in [1.29, 1.82) is 0 Å². The highest BCUT2D eigenvalue weighted by Crippen LogP contribution is 2.39. The molecule has 35 heavy (non-hydrogen) atoms. The van der Waals surface area contributed by atoms with E-state index in [-0.39, 0.29) is 18.0 Å². The number of likely N-dealkylation sites (N-methyl/N-ethyl adjacent to an activating group) is 1. The van der Waals surface area contributed by atoms with Crippen LogP contribution >= 0.6 is 0 Å². The third kappa shape index (κ3) is 4.98. The van der Waals surface area contributed by atoms with Crippen molar-refractivity contribution in [2.24, 2.45) is 0 Å². The van der Waals surface area contributed by atoms with Gasteiger partial charge in [-0.3, -0.25) is 9.59 Å². The lowest BCUT2D eigenvalue weighted by molar-refractivity contribution is -0.132. The number of benzene rings is 3. The number of ether oxygens (including phenoxy) is 1. The molecular formula is C26H23F2N3O4. The van der Waals surface area contributed by atoms with Gasteiger partial charge in [0.2, 0.25) is 0 Å². The fourth-order valence-corrected chi connectivity index (χ4v) is 3.92. The van der Waals surface area contributed by atoms with Crippen molar-refractivity contribution in [1.82, 2.24) is 10.6 Å². The Morgan fingerprint density at radius 1 is 1.03 bits per heavy atom. The molecule has 0 aliphatic carbocycles. The Labute approximate surface area is 200 Å². The number of halogens is 2. The third-order valence-corrected chi connectivity index (χ3v) is 5.78. The van der Waals surface area contributed by atoms with Gasteiger partial charge in [-0.15, -0.1) is 0 Å². The van der Waals surface area contributed by atoms with Gasteiger partial charge in [-0.1, -0.05) is 48.5 Å². The standard InChI is InChI=1S/C26H23F2N3O4/c1-15(35-26(34)29-14-16-11-12-17(27)13-21(16)28)24(32)30-23-20-9-4-3-7-18(20)19-8-5-6-10-22(19)31(2)25(23)33/h3-13,15,23H,14H2,1-2H3,(H,29,34)(H,30,32)/t15-,23?/m0/s1. The van der Waals surface area contributed by atoms with Crippen LogP contribution < -0.4 is 15.5 Å². The Bertz CT molecular complexity index is 1300. The number of nitrogens with zero attached hydrogens (tertiary/aromatic N) is 1. The third-order valence-electron chi connectivity index (χ3n) is 5.78. The van der Waals surface area contributed by atoms with Crippen LogP contribution in [0.25, 0.3) is 11.1 Å². The van der Waals surface area contributed by atoms with Crippen LogP contribution in [0.2, 0.25) is 0 Å². The molecule has 0 saturated carbocycles. The summed E-state index contributed by atoms with van der Waals surface area (Å²) >= 11 is 0. The minimum absolute atomic E-state index is 0.0590. The highest BCUT2D eigenvalue weighted by atomic mass is 19.1. The maximum absolute atomic E-state index is 13.7. The summed E-state index contributed by atoms with van der Waals surface area (Å²) in [6.07, 6.45) is -2.21. The van der Waals surface area contributed by atoms with E-state index in [1.165, 1.54) is 17.9 Å². The molecule has 3 amide bonds. The maximum atomic E-state index is 13.7. The second-order valence-corrected chi connectivity index (χ2v) is 8.08. The summed E-state index contributed by atoms with van der Waals surface area (Å²) in [7, 11) is 1.63. The predicted molar refractivity (Wildman–Crippen MR) is 125 cm³/mol. The molecule has 1 aliphatic rings. The molecule has 2 atom stereocenters. The Hall–Kier alpha value is -4.27. The van der Waals surface area contributed by atoms with Crippen molar-refractivity contribution in [3.05, 3.63) is 89.5 Å². The largest absolute Gasteiger partial charge is 0.436 e. The number of hydrogen-bond acceptors (Lipinski definition) is 4. The normalized spacial score (nSPS) is 15.4. The molecule has 0 spiro atoms. The number of nitrogens with one attached hydrogen (secondary N) is 2. The minimum atomic E-state index is -1.25. The van der Waals surface area contributed by atoms with Crippen molar-refractivity contribution in [2.75, 3.05) is 11.9 Å². The van der Waals surface area contributed by atoms with E-state index < -0.39 is 35.8 Å². The molecule has 9 heteroatoms. The maximum Gasteiger partial charge on any atom is 0.408 e. The van der Waals surface area contributed by atoms with Gasteiger partial charge in [0.15, 0.2) is 6.10 Å². The van der Waals surface area contributed by atoms with E-state index in [1.54, 1.807) is 19.2 Å². The van der Waals surface area contributed by atoms with Gasteiger partial charge in [0, 0.05) is 30.8 Å². The van der Waals surface area contributed by atoms with Crippen LogP contribution in [0.3, 0.4) is 0 Å². The van der Waals surface area contributed by atoms with Crippen LogP contribution in [0.5, 0.6) is 0 Å². The Morgan fingerprint density at radius 3 is 2.46 bits per heavy atom. The van der Waals surface area contributed by atoms with Gasteiger partial charge >= 0.3 is 6.09 Å². The lowest BCUT2D eigenvalue weighted by Gasteiger charge is -2.24. The number of carbonyl (C=O) groups is 3. The van der Waals surface area contributed by atoms with E-state index in [1.807, 2.05) is 36.4 Å². The molecule has 1 unspecified atom stereocenters. The number of alkyl carbamates (subject to hydrolysis) is 1. The fraction of sp³-hybridized carbons (Fsp3) is 0.192. The first-order chi connectivity index (χ1) is 16.8. The lowest BCUT2D eigenvalue weighted by atomic mass is 9.95. The predicted octanol–water partition coefficient (Wildman–Crippen LogP) is 4.08.